The predicted molar refractivity (Wildman–Crippen MR) is 146 cm³/mol. The average molecular weight is 488 g/mol. The molecule has 1 aliphatic heterocycles. The Kier molecular flexibility index (Phi) is 5.64. The minimum absolute atomic E-state index is 0.149. The molecule has 0 radical (unpaired) electrons. The van der Waals surface area contributed by atoms with Crippen molar-refractivity contribution in [1.29, 1.82) is 0 Å². The largest absolute Gasteiger partial charge is 0.322 e. The van der Waals surface area contributed by atoms with Crippen molar-refractivity contribution < 1.29 is 4.79 Å². The van der Waals surface area contributed by atoms with E-state index in [0.29, 0.717) is 6.54 Å². The Morgan fingerprint density at radius 1 is 0.865 bits per heavy atom. The number of anilines is 1. The van der Waals surface area contributed by atoms with Crippen LogP contribution >= 0.6 is 0 Å². The van der Waals surface area contributed by atoms with Gasteiger partial charge in [-0.25, -0.2) is 9.48 Å². The number of rotatable bonds is 3. The van der Waals surface area contributed by atoms with Crippen molar-refractivity contribution >= 4 is 11.7 Å². The Balaban J connectivity index is 1.53. The molecular formula is C31H29N5O. The second-order valence-corrected chi connectivity index (χ2v) is 9.68. The van der Waals surface area contributed by atoms with Crippen molar-refractivity contribution in [2.45, 2.75) is 33.4 Å². The molecular weight excluding hydrogens is 458 g/mol. The maximum atomic E-state index is 14.0. The summed E-state index contributed by atoms with van der Waals surface area (Å²) in [5.41, 5.74) is 8.04. The minimum atomic E-state index is -0.281. The fraction of sp³-hybridized carbons (Fsp3) is 0.161. The first kappa shape index (κ1) is 22.9. The van der Waals surface area contributed by atoms with E-state index in [1.54, 1.807) is 0 Å². The molecule has 0 fully saturated rings. The Hall–Kier alpha value is -4.58. The van der Waals surface area contributed by atoms with Gasteiger partial charge in [-0.2, -0.15) is 5.10 Å². The lowest BCUT2D eigenvalue weighted by atomic mass is 10.0. The highest BCUT2D eigenvalue weighted by Gasteiger charge is 2.36. The van der Waals surface area contributed by atoms with Crippen molar-refractivity contribution in [3.63, 3.8) is 0 Å². The summed E-state index contributed by atoms with van der Waals surface area (Å²) in [5.74, 6) is 0.965. The standard InChI is InChI=1S/C31H29N5O/c1-21-14-16-24(17-15-21)29-28-13-8-18-34(28)30-27(23(3)33-36(30)26-11-5-4-6-12-26)20-35(29)31(37)32-25-10-7-9-22(2)19-25/h4-19,29H,20H2,1-3H3,(H,32,37). The number of aromatic nitrogens is 3. The van der Waals surface area contributed by atoms with Crippen LogP contribution in [-0.4, -0.2) is 25.3 Å². The summed E-state index contributed by atoms with van der Waals surface area (Å²) >= 11 is 0. The molecule has 3 heterocycles. The molecule has 5 aromatic rings. The number of nitrogens with zero attached hydrogens (tertiary/aromatic N) is 4. The lowest BCUT2D eigenvalue weighted by Gasteiger charge is -2.31. The molecule has 6 heteroatoms. The monoisotopic (exact) mass is 487 g/mol. The number of benzene rings is 3. The second-order valence-electron chi connectivity index (χ2n) is 9.68. The van der Waals surface area contributed by atoms with Gasteiger partial charge < -0.3 is 14.8 Å². The smallest absolute Gasteiger partial charge is 0.308 e. The predicted octanol–water partition coefficient (Wildman–Crippen LogP) is 6.73. The van der Waals surface area contributed by atoms with Crippen LogP contribution in [0.1, 0.15) is 39.7 Å². The normalized spacial score (nSPS) is 14.6. The molecule has 37 heavy (non-hydrogen) atoms. The number of urea groups is 1. The van der Waals surface area contributed by atoms with Crippen molar-refractivity contribution in [2.75, 3.05) is 5.32 Å². The van der Waals surface area contributed by atoms with E-state index in [1.807, 2.05) is 72.0 Å². The van der Waals surface area contributed by atoms with Gasteiger partial charge in [-0.3, -0.25) is 0 Å². The molecule has 2 amide bonds. The van der Waals surface area contributed by atoms with Crippen LogP contribution in [0.15, 0.2) is 97.2 Å². The van der Waals surface area contributed by atoms with Crippen LogP contribution < -0.4 is 5.32 Å². The maximum Gasteiger partial charge on any atom is 0.322 e. The van der Waals surface area contributed by atoms with E-state index >= 15 is 0 Å². The molecule has 1 unspecified atom stereocenters. The summed E-state index contributed by atoms with van der Waals surface area (Å²) in [5, 5.41) is 8.07. The number of amides is 2. The van der Waals surface area contributed by atoms with E-state index in [0.717, 1.165) is 45.3 Å². The molecule has 1 aliphatic rings. The fourth-order valence-electron chi connectivity index (χ4n) is 5.17. The van der Waals surface area contributed by atoms with Gasteiger partial charge in [-0.15, -0.1) is 0 Å². The molecule has 0 saturated heterocycles. The van der Waals surface area contributed by atoms with Crippen LogP contribution in [0.25, 0.3) is 11.5 Å². The fourth-order valence-corrected chi connectivity index (χ4v) is 5.17. The van der Waals surface area contributed by atoms with E-state index in [-0.39, 0.29) is 12.1 Å². The van der Waals surface area contributed by atoms with Crippen molar-refractivity contribution in [1.82, 2.24) is 19.2 Å². The van der Waals surface area contributed by atoms with Gasteiger partial charge in [-0.05, 0) is 68.3 Å². The summed E-state index contributed by atoms with van der Waals surface area (Å²) in [7, 11) is 0. The van der Waals surface area contributed by atoms with E-state index < -0.39 is 0 Å². The van der Waals surface area contributed by atoms with Gasteiger partial charge in [0.2, 0.25) is 0 Å². The summed E-state index contributed by atoms with van der Waals surface area (Å²) in [6, 6.07) is 30.2. The third-order valence-corrected chi connectivity index (χ3v) is 7.01. The number of hydrogen-bond donors (Lipinski definition) is 1. The number of para-hydroxylation sites is 1. The second kappa shape index (κ2) is 9.13. The van der Waals surface area contributed by atoms with Gasteiger partial charge in [0.05, 0.1) is 29.7 Å². The summed E-state index contributed by atoms with van der Waals surface area (Å²) < 4.78 is 4.18. The van der Waals surface area contributed by atoms with Crippen LogP contribution in [-0.2, 0) is 6.54 Å². The maximum absolute atomic E-state index is 14.0. The highest BCUT2D eigenvalue weighted by Crippen LogP contribution is 2.38. The summed E-state index contributed by atoms with van der Waals surface area (Å²) in [4.78, 5) is 15.9. The van der Waals surface area contributed by atoms with Gasteiger partial charge in [0.25, 0.3) is 0 Å². The molecule has 184 valence electrons. The molecule has 1 atom stereocenters. The molecule has 6 rings (SSSR count). The van der Waals surface area contributed by atoms with Crippen molar-refractivity contribution in [3.05, 3.63) is 131 Å². The van der Waals surface area contributed by atoms with Crippen LogP contribution in [0.5, 0.6) is 0 Å². The van der Waals surface area contributed by atoms with Crippen molar-refractivity contribution in [3.8, 4) is 11.5 Å². The molecule has 0 bridgehead atoms. The first-order valence-electron chi connectivity index (χ1n) is 12.5. The summed E-state index contributed by atoms with van der Waals surface area (Å²) in [6.07, 6.45) is 2.07. The van der Waals surface area contributed by atoms with E-state index in [2.05, 4.69) is 65.5 Å². The van der Waals surface area contributed by atoms with Crippen LogP contribution in [0, 0.1) is 20.8 Å². The van der Waals surface area contributed by atoms with Crippen LogP contribution in [0.3, 0.4) is 0 Å². The molecule has 2 aromatic heterocycles. The average Bonchev–Trinajstić information content (AvgIpc) is 3.46. The number of carbonyl (C=O) groups excluding carboxylic acids is 1. The Morgan fingerprint density at radius 2 is 1.65 bits per heavy atom. The number of hydrogen-bond acceptors (Lipinski definition) is 2. The zero-order valence-electron chi connectivity index (χ0n) is 21.2. The third-order valence-electron chi connectivity index (χ3n) is 7.01. The first-order valence-corrected chi connectivity index (χ1v) is 12.5. The lowest BCUT2D eigenvalue weighted by molar-refractivity contribution is 0.194. The zero-order chi connectivity index (χ0) is 25.5. The Bertz CT molecular complexity index is 1580. The van der Waals surface area contributed by atoms with Crippen LogP contribution in [0.2, 0.25) is 0 Å². The number of nitrogens with one attached hydrogen (secondary N) is 1. The van der Waals surface area contributed by atoms with Gasteiger partial charge in [0.15, 0.2) is 0 Å². The van der Waals surface area contributed by atoms with E-state index in [4.69, 9.17) is 5.10 Å². The Labute approximate surface area is 216 Å². The number of fused-ring (bicyclic) bond motifs is 3. The molecule has 1 N–H and O–H groups in total. The Morgan fingerprint density at radius 3 is 2.41 bits per heavy atom. The first-order chi connectivity index (χ1) is 18.0. The van der Waals surface area contributed by atoms with E-state index in [1.165, 1.54) is 5.56 Å². The number of aryl methyl sites for hydroxylation is 3. The molecule has 6 nitrogen and oxygen atoms in total. The highest BCUT2D eigenvalue weighted by atomic mass is 16.2. The van der Waals surface area contributed by atoms with Gasteiger partial charge in [-0.1, -0.05) is 60.2 Å². The quantitative estimate of drug-likeness (QED) is 0.307. The molecule has 0 aliphatic carbocycles. The molecule has 0 spiro atoms. The lowest BCUT2D eigenvalue weighted by Crippen LogP contribution is -2.38. The summed E-state index contributed by atoms with van der Waals surface area (Å²) in [6.45, 7) is 6.54. The van der Waals surface area contributed by atoms with Gasteiger partial charge >= 0.3 is 6.03 Å². The van der Waals surface area contributed by atoms with E-state index in [9.17, 15) is 4.79 Å². The SMILES string of the molecule is Cc1ccc(C2c3cccn3-c3c(c(C)nn3-c3ccccc3)CN2C(=O)Nc2cccc(C)c2)cc1. The third kappa shape index (κ3) is 4.10. The highest BCUT2D eigenvalue weighted by molar-refractivity contribution is 5.90. The van der Waals surface area contributed by atoms with Crippen molar-refractivity contribution in [2.24, 2.45) is 0 Å². The topological polar surface area (TPSA) is 55.1 Å². The number of carbonyl (C=O) groups is 1. The van der Waals surface area contributed by atoms with Gasteiger partial charge in [0, 0.05) is 17.4 Å². The van der Waals surface area contributed by atoms with Crippen LogP contribution in [0.4, 0.5) is 10.5 Å². The zero-order valence-corrected chi connectivity index (χ0v) is 21.2. The minimum Gasteiger partial charge on any atom is -0.308 e. The molecule has 0 saturated carbocycles. The molecule has 3 aromatic carbocycles. The van der Waals surface area contributed by atoms with Gasteiger partial charge in [0.1, 0.15) is 5.82 Å².